The van der Waals surface area contributed by atoms with Crippen LogP contribution in [0.25, 0.3) is 0 Å². The van der Waals surface area contributed by atoms with Crippen LogP contribution in [0.1, 0.15) is 19.8 Å². The van der Waals surface area contributed by atoms with Gasteiger partial charge in [-0.05, 0) is 48.9 Å². The number of carboxylic acid groups (broad SMARTS) is 1. The Morgan fingerprint density at radius 3 is 2.57 bits per heavy atom. The fourth-order valence-corrected chi connectivity index (χ4v) is 2.04. The first-order chi connectivity index (χ1) is 10.0. The van der Waals surface area contributed by atoms with Crippen molar-refractivity contribution in [2.24, 2.45) is 11.8 Å². The number of hydrogen-bond donors (Lipinski definition) is 3. The third-order valence-corrected chi connectivity index (χ3v) is 3.49. The molecule has 0 aromatic heterocycles. The molecule has 1 atom stereocenters. The van der Waals surface area contributed by atoms with Crippen LogP contribution in [0.5, 0.6) is 5.75 Å². The van der Waals surface area contributed by atoms with E-state index in [1.54, 1.807) is 24.3 Å². The number of aliphatic carboxylic acids is 1. The zero-order valence-electron chi connectivity index (χ0n) is 12.0. The Morgan fingerprint density at radius 2 is 2.00 bits per heavy atom. The van der Waals surface area contributed by atoms with Crippen molar-refractivity contribution < 1.29 is 19.4 Å². The van der Waals surface area contributed by atoms with Crippen molar-refractivity contribution in [2.45, 2.75) is 19.8 Å². The molecule has 1 fully saturated rings. The average molecular weight is 292 g/mol. The van der Waals surface area contributed by atoms with E-state index in [9.17, 15) is 9.59 Å². The lowest BCUT2D eigenvalue weighted by Gasteiger charge is -2.12. The monoisotopic (exact) mass is 292 g/mol. The van der Waals surface area contributed by atoms with Gasteiger partial charge in [0.05, 0.1) is 0 Å². The highest BCUT2D eigenvalue weighted by Gasteiger charge is 2.27. The van der Waals surface area contributed by atoms with Gasteiger partial charge in [-0.3, -0.25) is 0 Å². The Bertz CT molecular complexity index is 497. The summed E-state index contributed by atoms with van der Waals surface area (Å²) in [6.07, 6.45) is 2.53. The van der Waals surface area contributed by atoms with Crippen molar-refractivity contribution >= 4 is 17.7 Å². The summed E-state index contributed by atoms with van der Waals surface area (Å²) in [5, 5.41) is 14.1. The highest BCUT2D eigenvalue weighted by molar-refractivity contribution is 5.89. The van der Waals surface area contributed by atoms with Gasteiger partial charge in [0, 0.05) is 12.2 Å². The molecule has 1 aliphatic carbocycles. The summed E-state index contributed by atoms with van der Waals surface area (Å²) in [7, 11) is 0. The quantitative estimate of drug-likeness (QED) is 0.719. The normalized spacial score (nSPS) is 15.1. The zero-order valence-corrected chi connectivity index (χ0v) is 12.0. The molecular weight excluding hydrogens is 272 g/mol. The second-order valence-corrected chi connectivity index (χ2v) is 5.36. The largest absolute Gasteiger partial charge is 0.482 e. The molecule has 0 saturated heterocycles. The molecule has 0 bridgehead atoms. The Hall–Kier alpha value is -2.24. The maximum Gasteiger partial charge on any atom is 0.341 e. The van der Waals surface area contributed by atoms with Gasteiger partial charge in [-0.25, -0.2) is 9.59 Å². The maximum atomic E-state index is 11.7. The topological polar surface area (TPSA) is 87.7 Å². The second kappa shape index (κ2) is 6.97. The minimum Gasteiger partial charge on any atom is -0.482 e. The molecule has 0 radical (unpaired) electrons. The minimum absolute atomic E-state index is 0.235. The summed E-state index contributed by atoms with van der Waals surface area (Å²) < 4.78 is 5.01. The van der Waals surface area contributed by atoms with Gasteiger partial charge in [0.1, 0.15) is 5.75 Å². The number of carbonyl (C=O) groups is 2. The molecule has 6 heteroatoms. The van der Waals surface area contributed by atoms with E-state index in [1.807, 2.05) is 0 Å². The van der Waals surface area contributed by atoms with Gasteiger partial charge < -0.3 is 20.5 Å². The van der Waals surface area contributed by atoms with E-state index in [4.69, 9.17) is 9.84 Å². The van der Waals surface area contributed by atoms with Crippen LogP contribution in [-0.2, 0) is 4.79 Å². The van der Waals surface area contributed by atoms with Crippen LogP contribution < -0.4 is 15.4 Å². The summed E-state index contributed by atoms with van der Waals surface area (Å²) in [5.74, 6) is 0.700. The Morgan fingerprint density at radius 1 is 1.33 bits per heavy atom. The average Bonchev–Trinajstić information content (AvgIpc) is 3.28. The summed E-state index contributed by atoms with van der Waals surface area (Å²) in [6.45, 7) is 2.44. The molecule has 0 aliphatic heterocycles. The zero-order chi connectivity index (χ0) is 15.2. The summed E-state index contributed by atoms with van der Waals surface area (Å²) in [4.78, 5) is 22.1. The van der Waals surface area contributed by atoms with Crippen molar-refractivity contribution in [3.8, 4) is 5.75 Å². The lowest BCUT2D eigenvalue weighted by molar-refractivity contribution is -0.139. The number of carbonyl (C=O) groups excluding carboxylic acids is 1. The Kier molecular flexibility index (Phi) is 5.03. The second-order valence-electron chi connectivity index (χ2n) is 5.36. The number of amides is 2. The molecule has 2 rings (SSSR count). The van der Waals surface area contributed by atoms with E-state index in [1.165, 1.54) is 12.8 Å². The van der Waals surface area contributed by atoms with E-state index in [0.29, 0.717) is 23.9 Å². The third-order valence-electron chi connectivity index (χ3n) is 3.49. The van der Waals surface area contributed by atoms with E-state index in [-0.39, 0.29) is 12.6 Å². The number of anilines is 1. The first-order valence-corrected chi connectivity index (χ1v) is 7.04. The van der Waals surface area contributed by atoms with E-state index in [2.05, 4.69) is 17.6 Å². The molecule has 2 amide bonds. The van der Waals surface area contributed by atoms with Gasteiger partial charge in [-0.2, -0.15) is 0 Å². The van der Waals surface area contributed by atoms with Crippen LogP contribution in [0.2, 0.25) is 0 Å². The van der Waals surface area contributed by atoms with Crippen LogP contribution in [0.15, 0.2) is 24.3 Å². The smallest absolute Gasteiger partial charge is 0.341 e. The summed E-state index contributed by atoms with van der Waals surface area (Å²) >= 11 is 0. The molecule has 1 saturated carbocycles. The standard InChI is InChI=1S/C15H20N2O4/c1-10(11-2-3-11)8-16-15(20)17-12-4-6-13(7-5-12)21-9-14(18)19/h4-7,10-11H,2-3,8-9H2,1H3,(H,18,19)(H2,16,17,20). The Balaban J connectivity index is 1.73. The van der Waals surface area contributed by atoms with Crippen LogP contribution in [-0.4, -0.2) is 30.3 Å². The lowest BCUT2D eigenvalue weighted by atomic mass is 10.1. The van der Waals surface area contributed by atoms with Gasteiger partial charge in [-0.1, -0.05) is 6.92 Å². The molecule has 114 valence electrons. The van der Waals surface area contributed by atoms with Gasteiger partial charge in [-0.15, -0.1) is 0 Å². The van der Waals surface area contributed by atoms with E-state index >= 15 is 0 Å². The summed E-state index contributed by atoms with van der Waals surface area (Å²) in [6, 6.07) is 6.33. The third kappa shape index (κ3) is 5.33. The molecule has 6 nitrogen and oxygen atoms in total. The van der Waals surface area contributed by atoms with Gasteiger partial charge in [0.25, 0.3) is 0 Å². The van der Waals surface area contributed by atoms with Gasteiger partial charge in [0.2, 0.25) is 0 Å². The van der Waals surface area contributed by atoms with Crippen LogP contribution >= 0.6 is 0 Å². The van der Waals surface area contributed by atoms with Gasteiger partial charge in [0.15, 0.2) is 6.61 Å². The molecule has 0 heterocycles. The van der Waals surface area contributed by atoms with Crippen molar-refractivity contribution in [3.63, 3.8) is 0 Å². The first-order valence-electron chi connectivity index (χ1n) is 7.04. The number of carboxylic acids is 1. The number of ether oxygens (including phenoxy) is 1. The number of nitrogens with one attached hydrogen (secondary N) is 2. The molecule has 1 unspecified atom stereocenters. The van der Waals surface area contributed by atoms with Crippen molar-refractivity contribution in [3.05, 3.63) is 24.3 Å². The van der Waals surface area contributed by atoms with Crippen molar-refractivity contribution in [2.75, 3.05) is 18.5 Å². The lowest BCUT2D eigenvalue weighted by Crippen LogP contribution is -2.32. The predicted octanol–water partition coefficient (Wildman–Crippen LogP) is 2.32. The summed E-state index contributed by atoms with van der Waals surface area (Å²) in [5.41, 5.74) is 0.634. The fourth-order valence-electron chi connectivity index (χ4n) is 2.04. The maximum absolute atomic E-state index is 11.7. The SMILES string of the molecule is CC(CNC(=O)Nc1ccc(OCC(=O)O)cc1)C1CC1. The molecule has 0 spiro atoms. The van der Waals surface area contributed by atoms with Crippen LogP contribution in [0, 0.1) is 11.8 Å². The number of hydrogen-bond acceptors (Lipinski definition) is 3. The fraction of sp³-hybridized carbons (Fsp3) is 0.467. The molecule has 1 aromatic carbocycles. The number of urea groups is 1. The molecule has 1 aliphatic rings. The first kappa shape index (κ1) is 15.2. The minimum atomic E-state index is -1.03. The van der Waals surface area contributed by atoms with Gasteiger partial charge >= 0.3 is 12.0 Å². The van der Waals surface area contributed by atoms with Crippen molar-refractivity contribution in [1.29, 1.82) is 0 Å². The molecular formula is C15H20N2O4. The number of rotatable bonds is 7. The van der Waals surface area contributed by atoms with E-state index < -0.39 is 5.97 Å². The highest BCUT2D eigenvalue weighted by atomic mass is 16.5. The molecule has 1 aromatic rings. The van der Waals surface area contributed by atoms with Crippen LogP contribution in [0.3, 0.4) is 0 Å². The van der Waals surface area contributed by atoms with Crippen LogP contribution in [0.4, 0.5) is 10.5 Å². The number of benzene rings is 1. The highest BCUT2D eigenvalue weighted by Crippen LogP contribution is 2.36. The Labute approximate surface area is 123 Å². The molecule has 3 N–H and O–H groups in total. The van der Waals surface area contributed by atoms with E-state index in [0.717, 1.165) is 5.92 Å². The van der Waals surface area contributed by atoms with Crippen molar-refractivity contribution in [1.82, 2.24) is 5.32 Å². The molecule has 21 heavy (non-hydrogen) atoms. The predicted molar refractivity (Wildman–Crippen MR) is 78.5 cm³/mol.